The molecule has 5 heteroatoms. The molecule has 1 heterocycles. The summed E-state index contributed by atoms with van der Waals surface area (Å²) >= 11 is 0. The van der Waals surface area contributed by atoms with E-state index in [0.29, 0.717) is 18.7 Å². The van der Waals surface area contributed by atoms with Crippen LogP contribution in [-0.4, -0.2) is 35.1 Å². The number of amides is 2. The van der Waals surface area contributed by atoms with Crippen LogP contribution in [0.3, 0.4) is 0 Å². The van der Waals surface area contributed by atoms with Gasteiger partial charge in [0.1, 0.15) is 0 Å². The predicted molar refractivity (Wildman–Crippen MR) is 70.8 cm³/mol. The summed E-state index contributed by atoms with van der Waals surface area (Å²) in [5.74, 6) is -1.04. The molecule has 0 bridgehead atoms. The highest BCUT2D eigenvalue weighted by Gasteiger charge is 2.25. The second-order valence-electron chi connectivity index (χ2n) is 4.68. The molecule has 1 aromatic carbocycles. The molecule has 0 spiro atoms. The Labute approximate surface area is 112 Å². The summed E-state index contributed by atoms with van der Waals surface area (Å²) in [4.78, 5) is 25.0. The summed E-state index contributed by atoms with van der Waals surface area (Å²) in [6.45, 7) is 1.40. The summed E-state index contributed by atoms with van der Waals surface area (Å²) in [7, 11) is 0. The van der Waals surface area contributed by atoms with E-state index in [9.17, 15) is 14.7 Å². The first kappa shape index (κ1) is 13.4. The van der Waals surface area contributed by atoms with E-state index in [-0.39, 0.29) is 6.03 Å². The van der Waals surface area contributed by atoms with Gasteiger partial charge in [0.2, 0.25) is 0 Å². The van der Waals surface area contributed by atoms with Crippen LogP contribution < -0.4 is 5.32 Å². The Kier molecular flexibility index (Phi) is 4.39. The number of carboxylic acid groups (broad SMARTS) is 1. The van der Waals surface area contributed by atoms with E-state index in [1.54, 1.807) is 29.2 Å². The first-order valence-corrected chi connectivity index (χ1v) is 6.51. The van der Waals surface area contributed by atoms with Gasteiger partial charge in [0, 0.05) is 13.1 Å². The lowest BCUT2D eigenvalue weighted by molar-refractivity contribution is -0.139. The number of carbonyl (C=O) groups is 2. The van der Waals surface area contributed by atoms with E-state index in [1.165, 1.54) is 0 Å². The molecule has 2 N–H and O–H groups in total. The zero-order chi connectivity index (χ0) is 13.7. The normalized spacial score (nSPS) is 16.7. The molecular weight excluding hydrogens is 244 g/mol. The molecular formula is C14H18N2O3. The lowest BCUT2D eigenvalue weighted by atomic mass is 10.1. The molecule has 0 radical (unpaired) electrons. The van der Waals surface area contributed by atoms with E-state index in [0.717, 1.165) is 19.3 Å². The number of carbonyl (C=O) groups excluding carboxylic acids is 1. The number of piperidine rings is 1. The standard InChI is InChI=1S/C14H18N2O3/c17-13(18)12(11-7-3-1-4-8-11)15-14(19)16-9-5-2-6-10-16/h1,3-4,7-8,12H,2,5-6,9-10H2,(H,15,19)(H,17,18). The number of hydrogen-bond donors (Lipinski definition) is 2. The van der Waals surface area contributed by atoms with Crippen molar-refractivity contribution in [1.29, 1.82) is 0 Å². The molecule has 1 aliphatic rings. The molecule has 1 unspecified atom stereocenters. The maximum absolute atomic E-state index is 12.0. The molecule has 5 nitrogen and oxygen atoms in total. The summed E-state index contributed by atoms with van der Waals surface area (Å²) in [5.41, 5.74) is 0.584. The minimum Gasteiger partial charge on any atom is -0.479 e. The van der Waals surface area contributed by atoms with Gasteiger partial charge >= 0.3 is 12.0 Å². The molecule has 0 aromatic heterocycles. The van der Waals surface area contributed by atoms with E-state index < -0.39 is 12.0 Å². The lowest BCUT2D eigenvalue weighted by Crippen LogP contribution is -2.45. The van der Waals surface area contributed by atoms with Crippen LogP contribution in [0.1, 0.15) is 30.9 Å². The summed E-state index contributed by atoms with van der Waals surface area (Å²) in [5, 5.41) is 11.8. The monoisotopic (exact) mass is 262 g/mol. The van der Waals surface area contributed by atoms with Crippen LogP contribution in [0.2, 0.25) is 0 Å². The Morgan fingerprint density at radius 2 is 1.74 bits per heavy atom. The molecule has 1 aromatic rings. The lowest BCUT2D eigenvalue weighted by Gasteiger charge is -2.28. The highest BCUT2D eigenvalue weighted by atomic mass is 16.4. The number of likely N-dealkylation sites (tertiary alicyclic amines) is 1. The van der Waals surface area contributed by atoms with E-state index in [4.69, 9.17) is 0 Å². The first-order chi connectivity index (χ1) is 9.18. The van der Waals surface area contributed by atoms with Gasteiger partial charge < -0.3 is 15.3 Å². The second-order valence-corrected chi connectivity index (χ2v) is 4.68. The highest BCUT2D eigenvalue weighted by molar-refractivity contribution is 5.83. The van der Waals surface area contributed by atoms with Crippen molar-refractivity contribution < 1.29 is 14.7 Å². The third-order valence-corrected chi connectivity index (χ3v) is 3.29. The smallest absolute Gasteiger partial charge is 0.330 e. The Hall–Kier alpha value is -2.04. The van der Waals surface area contributed by atoms with Gasteiger partial charge in [0.25, 0.3) is 0 Å². The zero-order valence-corrected chi connectivity index (χ0v) is 10.7. The predicted octanol–water partition coefficient (Wildman–Crippen LogP) is 2.01. The van der Waals surface area contributed by atoms with Gasteiger partial charge in [-0.15, -0.1) is 0 Å². The quantitative estimate of drug-likeness (QED) is 0.875. The number of rotatable bonds is 3. The average Bonchev–Trinajstić information content (AvgIpc) is 2.46. The maximum atomic E-state index is 12.0. The van der Waals surface area contributed by atoms with E-state index >= 15 is 0 Å². The van der Waals surface area contributed by atoms with Gasteiger partial charge in [-0.1, -0.05) is 30.3 Å². The van der Waals surface area contributed by atoms with Crippen LogP contribution in [0.25, 0.3) is 0 Å². The maximum Gasteiger partial charge on any atom is 0.330 e. The third-order valence-electron chi connectivity index (χ3n) is 3.29. The van der Waals surface area contributed by atoms with Gasteiger partial charge in [0.05, 0.1) is 0 Å². The number of hydrogen-bond acceptors (Lipinski definition) is 2. The van der Waals surface area contributed by atoms with Crippen molar-refractivity contribution in [3.05, 3.63) is 35.9 Å². The minimum absolute atomic E-state index is 0.295. The Balaban J connectivity index is 2.04. The molecule has 102 valence electrons. The molecule has 1 atom stereocenters. The largest absolute Gasteiger partial charge is 0.479 e. The van der Waals surface area contributed by atoms with Crippen molar-refractivity contribution in [3.63, 3.8) is 0 Å². The number of aliphatic carboxylic acids is 1. The molecule has 1 aliphatic heterocycles. The van der Waals surface area contributed by atoms with E-state index in [1.807, 2.05) is 6.07 Å². The minimum atomic E-state index is -1.04. The summed E-state index contributed by atoms with van der Waals surface area (Å²) in [6, 6.07) is 7.46. The summed E-state index contributed by atoms with van der Waals surface area (Å²) < 4.78 is 0. The number of carboxylic acids is 1. The van der Waals surface area contributed by atoms with Crippen LogP contribution in [0, 0.1) is 0 Å². The highest BCUT2D eigenvalue weighted by Crippen LogP contribution is 2.15. The molecule has 19 heavy (non-hydrogen) atoms. The Morgan fingerprint density at radius 3 is 2.32 bits per heavy atom. The van der Waals surface area contributed by atoms with Crippen molar-refractivity contribution in [2.45, 2.75) is 25.3 Å². The fourth-order valence-corrected chi connectivity index (χ4v) is 2.24. The average molecular weight is 262 g/mol. The van der Waals surface area contributed by atoms with Gasteiger partial charge in [-0.2, -0.15) is 0 Å². The van der Waals surface area contributed by atoms with Gasteiger partial charge in [-0.25, -0.2) is 9.59 Å². The number of benzene rings is 1. The molecule has 1 fully saturated rings. The van der Waals surface area contributed by atoms with Gasteiger partial charge in [0.15, 0.2) is 6.04 Å². The van der Waals surface area contributed by atoms with Gasteiger partial charge in [-0.3, -0.25) is 0 Å². The van der Waals surface area contributed by atoms with Crippen molar-refractivity contribution >= 4 is 12.0 Å². The van der Waals surface area contributed by atoms with E-state index in [2.05, 4.69) is 5.32 Å². The molecule has 1 saturated heterocycles. The Morgan fingerprint density at radius 1 is 1.11 bits per heavy atom. The van der Waals surface area contributed by atoms with Crippen molar-refractivity contribution in [2.75, 3.05) is 13.1 Å². The topological polar surface area (TPSA) is 69.6 Å². The van der Waals surface area contributed by atoms with Crippen molar-refractivity contribution in [1.82, 2.24) is 10.2 Å². The van der Waals surface area contributed by atoms with Gasteiger partial charge in [-0.05, 0) is 24.8 Å². The zero-order valence-electron chi connectivity index (χ0n) is 10.7. The molecule has 2 amide bonds. The molecule has 0 aliphatic carbocycles. The SMILES string of the molecule is O=C(O)C(NC(=O)N1CCCCC1)c1ccccc1. The fourth-order valence-electron chi connectivity index (χ4n) is 2.24. The molecule has 2 rings (SSSR count). The fraction of sp³-hybridized carbons (Fsp3) is 0.429. The summed E-state index contributed by atoms with van der Waals surface area (Å²) in [6.07, 6.45) is 3.10. The van der Waals surface area contributed by atoms with Crippen molar-refractivity contribution in [3.8, 4) is 0 Å². The van der Waals surface area contributed by atoms with Crippen molar-refractivity contribution in [2.24, 2.45) is 0 Å². The third kappa shape index (κ3) is 3.47. The number of nitrogens with one attached hydrogen (secondary N) is 1. The second kappa shape index (κ2) is 6.22. The Bertz CT molecular complexity index is 441. The van der Waals surface area contributed by atoms with Crippen LogP contribution >= 0.6 is 0 Å². The molecule has 0 saturated carbocycles. The van der Waals surface area contributed by atoms with Crippen LogP contribution in [0.5, 0.6) is 0 Å². The van der Waals surface area contributed by atoms with Crippen LogP contribution in [0.15, 0.2) is 30.3 Å². The van der Waals surface area contributed by atoms with Crippen LogP contribution in [-0.2, 0) is 4.79 Å². The number of urea groups is 1. The number of nitrogens with zero attached hydrogens (tertiary/aromatic N) is 1. The van der Waals surface area contributed by atoms with Crippen LogP contribution in [0.4, 0.5) is 4.79 Å². The first-order valence-electron chi connectivity index (χ1n) is 6.51.